The molecule has 2 aliphatic carbocycles. The van der Waals surface area contributed by atoms with Crippen molar-refractivity contribution in [1.82, 2.24) is 0 Å². The molecule has 298 valence electrons. The van der Waals surface area contributed by atoms with Gasteiger partial charge in [-0.1, -0.05) is 182 Å². The molecule has 0 saturated carbocycles. The first-order valence-corrected chi connectivity index (χ1v) is 23.6. The van der Waals surface area contributed by atoms with Crippen molar-refractivity contribution in [1.29, 1.82) is 0 Å². The predicted octanol–water partition coefficient (Wildman–Crippen LogP) is 17.6. The van der Waals surface area contributed by atoms with E-state index in [1.165, 1.54) is 107 Å². The summed E-state index contributed by atoms with van der Waals surface area (Å²) >= 11 is 3.75. The first-order chi connectivity index (χ1) is 31.8. The maximum atomic E-state index is 2.60. The summed E-state index contributed by atoms with van der Waals surface area (Å²) in [6.45, 7) is 0. The van der Waals surface area contributed by atoms with E-state index in [1.807, 2.05) is 22.7 Å². The zero-order valence-electron chi connectivity index (χ0n) is 34.6. The van der Waals surface area contributed by atoms with Crippen molar-refractivity contribution in [3.63, 3.8) is 0 Å². The van der Waals surface area contributed by atoms with Gasteiger partial charge in [0.15, 0.2) is 0 Å². The van der Waals surface area contributed by atoms with Crippen LogP contribution >= 0.6 is 22.7 Å². The predicted molar refractivity (Wildman–Crippen MR) is 274 cm³/mol. The number of nitrogens with zero attached hydrogens (tertiary/aromatic N) is 1. The zero-order chi connectivity index (χ0) is 41.9. The Balaban J connectivity index is 1.11. The van der Waals surface area contributed by atoms with Gasteiger partial charge in [0.25, 0.3) is 0 Å². The van der Waals surface area contributed by atoms with Gasteiger partial charge in [-0.15, -0.1) is 22.7 Å². The largest absolute Gasteiger partial charge is 0.309 e. The number of hydrogen-bond donors (Lipinski definition) is 0. The van der Waals surface area contributed by atoms with Crippen molar-refractivity contribution >= 4 is 80.1 Å². The molecule has 2 heterocycles. The van der Waals surface area contributed by atoms with Gasteiger partial charge in [-0.05, 0) is 92.5 Å². The van der Waals surface area contributed by atoms with Gasteiger partial charge < -0.3 is 4.90 Å². The summed E-state index contributed by atoms with van der Waals surface area (Å²) in [6, 6.07) is 84.1. The molecule has 1 nitrogen and oxygen atoms in total. The van der Waals surface area contributed by atoms with Gasteiger partial charge in [0.1, 0.15) is 0 Å². The van der Waals surface area contributed by atoms with Crippen molar-refractivity contribution in [2.24, 2.45) is 0 Å². The monoisotopic (exact) mass is 847 g/mol. The summed E-state index contributed by atoms with van der Waals surface area (Å²) in [5.41, 5.74) is 18.3. The molecule has 0 atom stereocenters. The summed E-state index contributed by atoms with van der Waals surface area (Å²) in [7, 11) is 0. The van der Waals surface area contributed by atoms with Crippen molar-refractivity contribution in [2.75, 3.05) is 4.90 Å². The molecule has 0 N–H and O–H groups in total. The van der Waals surface area contributed by atoms with Crippen molar-refractivity contribution in [3.8, 4) is 44.5 Å². The molecule has 0 fully saturated rings. The summed E-state index contributed by atoms with van der Waals surface area (Å²) in [5, 5.41) is 5.21. The summed E-state index contributed by atoms with van der Waals surface area (Å²) in [6.07, 6.45) is 0. The molecule has 0 saturated heterocycles. The average Bonchev–Trinajstić information content (AvgIpc) is 4.10. The van der Waals surface area contributed by atoms with E-state index in [9.17, 15) is 0 Å². The van der Waals surface area contributed by atoms with Crippen LogP contribution in [0.1, 0.15) is 22.3 Å². The second-order valence-electron chi connectivity index (χ2n) is 17.0. The lowest BCUT2D eigenvalue weighted by Crippen LogP contribution is -2.26. The molecule has 0 bridgehead atoms. The fourth-order valence-corrected chi connectivity index (χ4v) is 13.8. The normalized spacial score (nSPS) is 13.1. The van der Waals surface area contributed by atoms with Crippen LogP contribution in [-0.4, -0.2) is 0 Å². The third-order valence-electron chi connectivity index (χ3n) is 13.9. The summed E-state index contributed by atoms with van der Waals surface area (Å²) in [4.78, 5) is 2.60. The highest BCUT2D eigenvalue weighted by Gasteiger charge is 2.52. The number of benzene rings is 10. The standard InChI is InChI=1S/C61H37NS2/c1-8-27-47-38(18-1)39-19-2-9-28-48(39)61(47)49-29-10-3-22-44(49)60-50(61)30-17-33-53(60)62(51-31-11-4-20-40(51)42-25-15-36-56-58(42)45-23-6-13-34-54(45)63-56)52-32-12-5-21-41(52)43-26-16-37-57-59(43)46-24-7-14-35-55(46)64-57/h1-37H. The third kappa shape index (κ3) is 4.83. The minimum atomic E-state index is -0.470. The van der Waals surface area contributed by atoms with Gasteiger partial charge in [0.05, 0.1) is 22.5 Å². The van der Waals surface area contributed by atoms with Crippen molar-refractivity contribution < 1.29 is 0 Å². The second-order valence-corrected chi connectivity index (χ2v) is 19.2. The molecule has 1 spiro atoms. The summed E-state index contributed by atoms with van der Waals surface area (Å²) in [5.74, 6) is 0. The number of hydrogen-bond acceptors (Lipinski definition) is 3. The molecular formula is C61H37NS2. The topological polar surface area (TPSA) is 3.24 Å². The van der Waals surface area contributed by atoms with E-state index in [4.69, 9.17) is 0 Å². The quantitative estimate of drug-likeness (QED) is 0.167. The van der Waals surface area contributed by atoms with E-state index in [-0.39, 0.29) is 0 Å². The van der Waals surface area contributed by atoms with E-state index in [1.54, 1.807) is 0 Å². The number of fused-ring (bicyclic) bond motifs is 16. The first-order valence-electron chi connectivity index (χ1n) is 22.0. The molecule has 0 amide bonds. The highest BCUT2D eigenvalue weighted by Crippen LogP contribution is 2.65. The van der Waals surface area contributed by atoms with E-state index >= 15 is 0 Å². The SMILES string of the molecule is c1ccc(N(c2ccccc2-c2cccc3sc4ccccc4c23)c2cccc3c2-c2ccccc2C32c3ccccc3-c3ccccc32)c(-c2cccc3sc4ccccc4c23)c1. The Kier molecular flexibility index (Phi) is 7.71. The zero-order valence-corrected chi connectivity index (χ0v) is 36.3. The molecule has 2 aromatic heterocycles. The second kappa shape index (κ2) is 13.7. The van der Waals surface area contributed by atoms with E-state index in [2.05, 4.69) is 229 Å². The van der Waals surface area contributed by atoms with Crippen LogP contribution in [0.3, 0.4) is 0 Å². The van der Waals surface area contributed by atoms with Crippen LogP contribution in [0.5, 0.6) is 0 Å². The lowest BCUT2D eigenvalue weighted by Gasteiger charge is -2.33. The lowest BCUT2D eigenvalue weighted by atomic mass is 9.70. The smallest absolute Gasteiger partial charge is 0.0726 e. The van der Waals surface area contributed by atoms with Crippen molar-refractivity contribution in [3.05, 3.63) is 247 Å². The molecule has 64 heavy (non-hydrogen) atoms. The van der Waals surface area contributed by atoms with Crippen LogP contribution in [0.15, 0.2) is 224 Å². The Bertz CT molecular complexity index is 3680. The highest BCUT2D eigenvalue weighted by atomic mass is 32.1. The van der Waals surface area contributed by atoms with E-state index in [0.29, 0.717) is 0 Å². The molecule has 0 aliphatic heterocycles. The number of anilines is 3. The van der Waals surface area contributed by atoms with Crippen LogP contribution in [0.2, 0.25) is 0 Å². The van der Waals surface area contributed by atoms with Crippen LogP contribution in [-0.2, 0) is 5.41 Å². The Morgan fingerprint density at radius 2 is 0.625 bits per heavy atom. The molecule has 12 aromatic rings. The average molecular weight is 848 g/mol. The first kappa shape index (κ1) is 36.0. The van der Waals surface area contributed by atoms with Crippen LogP contribution in [0.4, 0.5) is 17.1 Å². The van der Waals surface area contributed by atoms with Crippen LogP contribution in [0, 0.1) is 0 Å². The van der Waals surface area contributed by atoms with Gasteiger partial charge in [0.2, 0.25) is 0 Å². The maximum absolute atomic E-state index is 2.60. The highest BCUT2D eigenvalue weighted by molar-refractivity contribution is 7.26. The maximum Gasteiger partial charge on any atom is 0.0726 e. The molecule has 2 aliphatic rings. The number of para-hydroxylation sites is 2. The molecular weight excluding hydrogens is 811 g/mol. The third-order valence-corrected chi connectivity index (χ3v) is 16.2. The molecule has 3 heteroatoms. The van der Waals surface area contributed by atoms with Gasteiger partial charge in [-0.3, -0.25) is 0 Å². The Labute approximate surface area is 379 Å². The van der Waals surface area contributed by atoms with E-state index < -0.39 is 5.41 Å². The lowest BCUT2D eigenvalue weighted by molar-refractivity contribution is 0.794. The molecule has 10 aromatic carbocycles. The van der Waals surface area contributed by atoms with Gasteiger partial charge in [0, 0.05) is 57.0 Å². The molecule has 0 unspecified atom stereocenters. The van der Waals surface area contributed by atoms with Gasteiger partial charge in [-0.25, -0.2) is 0 Å². The molecule has 14 rings (SSSR count). The minimum absolute atomic E-state index is 0.470. The van der Waals surface area contributed by atoms with Crippen LogP contribution < -0.4 is 4.90 Å². The van der Waals surface area contributed by atoms with Gasteiger partial charge >= 0.3 is 0 Å². The number of rotatable bonds is 5. The number of thiophene rings is 2. The Morgan fingerprint density at radius 3 is 1.17 bits per heavy atom. The Morgan fingerprint density at radius 1 is 0.266 bits per heavy atom. The summed E-state index contributed by atoms with van der Waals surface area (Å²) < 4.78 is 5.21. The fourth-order valence-electron chi connectivity index (χ4n) is 11.5. The molecule has 0 radical (unpaired) electrons. The van der Waals surface area contributed by atoms with Crippen molar-refractivity contribution in [2.45, 2.75) is 5.41 Å². The Hall–Kier alpha value is -7.56. The van der Waals surface area contributed by atoms with E-state index in [0.717, 1.165) is 17.1 Å². The van der Waals surface area contributed by atoms with Gasteiger partial charge in [-0.2, -0.15) is 0 Å². The van der Waals surface area contributed by atoms with Crippen LogP contribution in [0.25, 0.3) is 84.9 Å². The minimum Gasteiger partial charge on any atom is -0.309 e. The fraction of sp³-hybridized carbons (Fsp3) is 0.0164.